The number of benzene rings is 2. The first-order valence-electron chi connectivity index (χ1n) is 10.1. The minimum atomic E-state index is -0.0713. The molecule has 0 aliphatic carbocycles. The molecule has 0 saturated heterocycles. The normalized spacial score (nSPS) is 11.1. The van der Waals surface area contributed by atoms with Crippen LogP contribution in [0, 0.1) is 0 Å². The van der Waals surface area contributed by atoms with Crippen molar-refractivity contribution in [2.75, 3.05) is 5.32 Å². The first-order chi connectivity index (χ1) is 15.2. The number of nitrogens with one attached hydrogen (secondary N) is 2. The quantitative estimate of drug-likeness (QED) is 0.417. The number of pyridine rings is 1. The average molecular weight is 411 g/mol. The van der Waals surface area contributed by atoms with Crippen LogP contribution in [0.4, 0.5) is 5.69 Å². The standard InChI is InChI=1S/C24H21N5O2/c30-24(12-11-22-27-20-8-1-2-9-21(20)28-22)26-17-6-5-7-19(14-17)31-16-18-15-29-13-4-3-10-23(29)25-18/h1-10,13-15H,11-12,16H2,(H,26,30)(H,27,28). The van der Waals surface area contributed by atoms with Crippen LogP contribution in [0.5, 0.6) is 5.75 Å². The van der Waals surface area contributed by atoms with Crippen molar-refractivity contribution in [3.05, 3.63) is 90.6 Å². The number of aryl methyl sites for hydroxylation is 1. The smallest absolute Gasteiger partial charge is 0.224 e. The second-order valence-corrected chi connectivity index (χ2v) is 7.26. The fourth-order valence-corrected chi connectivity index (χ4v) is 3.46. The van der Waals surface area contributed by atoms with Gasteiger partial charge in [-0.15, -0.1) is 0 Å². The van der Waals surface area contributed by atoms with E-state index in [2.05, 4.69) is 20.3 Å². The number of rotatable bonds is 7. The number of hydrogen-bond acceptors (Lipinski definition) is 4. The van der Waals surface area contributed by atoms with Gasteiger partial charge in [0.15, 0.2) is 0 Å². The molecule has 0 spiro atoms. The molecule has 0 radical (unpaired) electrons. The summed E-state index contributed by atoms with van der Waals surface area (Å²) in [5, 5.41) is 2.93. The average Bonchev–Trinajstić information content (AvgIpc) is 3.40. The van der Waals surface area contributed by atoms with Crippen molar-refractivity contribution in [3.8, 4) is 5.75 Å². The Bertz CT molecular complexity index is 1290. The van der Waals surface area contributed by atoms with Crippen molar-refractivity contribution < 1.29 is 9.53 Å². The Labute approximate surface area is 178 Å². The summed E-state index contributed by atoms with van der Waals surface area (Å²) in [4.78, 5) is 24.7. The Hall–Kier alpha value is -4.13. The van der Waals surface area contributed by atoms with Crippen LogP contribution in [-0.2, 0) is 17.8 Å². The minimum Gasteiger partial charge on any atom is -0.487 e. The largest absolute Gasteiger partial charge is 0.487 e. The Morgan fingerprint density at radius 2 is 1.94 bits per heavy atom. The number of nitrogens with zero attached hydrogens (tertiary/aromatic N) is 3. The molecule has 7 heteroatoms. The number of carbonyl (C=O) groups excluding carboxylic acids is 1. The monoisotopic (exact) mass is 411 g/mol. The van der Waals surface area contributed by atoms with Crippen molar-refractivity contribution in [1.82, 2.24) is 19.4 Å². The Kier molecular flexibility index (Phi) is 5.06. The molecule has 154 valence electrons. The van der Waals surface area contributed by atoms with E-state index in [9.17, 15) is 4.79 Å². The zero-order chi connectivity index (χ0) is 21.0. The van der Waals surface area contributed by atoms with Gasteiger partial charge in [-0.3, -0.25) is 4.79 Å². The van der Waals surface area contributed by atoms with Gasteiger partial charge in [0, 0.05) is 37.0 Å². The highest BCUT2D eigenvalue weighted by atomic mass is 16.5. The van der Waals surface area contributed by atoms with Crippen LogP contribution in [0.3, 0.4) is 0 Å². The highest BCUT2D eigenvalue weighted by Crippen LogP contribution is 2.19. The zero-order valence-corrected chi connectivity index (χ0v) is 16.8. The molecule has 5 aromatic rings. The molecule has 0 saturated carbocycles. The predicted octanol–water partition coefficient (Wildman–Crippen LogP) is 4.36. The second-order valence-electron chi connectivity index (χ2n) is 7.26. The molecule has 31 heavy (non-hydrogen) atoms. The van der Waals surface area contributed by atoms with Gasteiger partial charge in [0.05, 0.1) is 16.7 Å². The third kappa shape index (κ3) is 4.40. The van der Waals surface area contributed by atoms with E-state index in [0.29, 0.717) is 30.9 Å². The van der Waals surface area contributed by atoms with Crippen LogP contribution in [-0.4, -0.2) is 25.3 Å². The molecule has 1 amide bonds. The van der Waals surface area contributed by atoms with Gasteiger partial charge in [-0.1, -0.05) is 24.3 Å². The summed E-state index contributed by atoms with van der Waals surface area (Å²) in [5.74, 6) is 1.41. The number of hydrogen-bond donors (Lipinski definition) is 2. The van der Waals surface area contributed by atoms with E-state index in [1.165, 1.54) is 0 Å². The number of fused-ring (bicyclic) bond motifs is 2. The lowest BCUT2D eigenvalue weighted by atomic mass is 10.2. The maximum Gasteiger partial charge on any atom is 0.224 e. The van der Waals surface area contributed by atoms with Gasteiger partial charge in [0.2, 0.25) is 5.91 Å². The maximum atomic E-state index is 12.4. The highest BCUT2D eigenvalue weighted by molar-refractivity contribution is 5.91. The summed E-state index contributed by atoms with van der Waals surface area (Å²) in [7, 11) is 0. The topological polar surface area (TPSA) is 84.3 Å². The number of aromatic amines is 1. The van der Waals surface area contributed by atoms with E-state index in [1.807, 2.05) is 83.5 Å². The molecule has 2 N–H and O–H groups in total. The molecule has 0 fully saturated rings. The third-order valence-corrected chi connectivity index (χ3v) is 4.95. The van der Waals surface area contributed by atoms with Gasteiger partial charge in [-0.05, 0) is 36.4 Å². The molecule has 0 atom stereocenters. The lowest BCUT2D eigenvalue weighted by molar-refractivity contribution is -0.116. The van der Waals surface area contributed by atoms with Gasteiger partial charge >= 0.3 is 0 Å². The number of anilines is 1. The van der Waals surface area contributed by atoms with Crippen molar-refractivity contribution in [1.29, 1.82) is 0 Å². The van der Waals surface area contributed by atoms with Crippen molar-refractivity contribution in [3.63, 3.8) is 0 Å². The molecule has 2 aromatic carbocycles. The Morgan fingerprint density at radius 1 is 1.03 bits per heavy atom. The third-order valence-electron chi connectivity index (χ3n) is 4.95. The summed E-state index contributed by atoms with van der Waals surface area (Å²) in [5.41, 5.74) is 4.31. The van der Waals surface area contributed by atoms with Crippen molar-refractivity contribution >= 4 is 28.3 Å². The van der Waals surface area contributed by atoms with Crippen LogP contribution in [0.25, 0.3) is 16.7 Å². The Morgan fingerprint density at radius 3 is 2.84 bits per heavy atom. The fraction of sp³-hybridized carbons (Fsp3) is 0.125. The first kappa shape index (κ1) is 18.9. The molecule has 7 nitrogen and oxygen atoms in total. The number of amides is 1. The van der Waals surface area contributed by atoms with Crippen LogP contribution in [0.2, 0.25) is 0 Å². The van der Waals surface area contributed by atoms with Gasteiger partial charge in [0.1, 0.15) is 23.8 Å². The molecular weight excluding hydrogens is 390 g/mol. The Balaban J connectivity index is 1.17. The molecule has 0 aliphatic heterocycles. The van der Waals surface area contributed by atoms with E-state index >= 15 is 0 Å². The second kappa shape index (κ2) is 8.31. The lowest BCUT2D eigenvalue weighted by Crippen LogP contribution is -2.12. The predicted molar refractivity (Wildman–Crippen MR) is 119 cm³/mol. The summed E-state index contributed by atoms with van der Waals surface area (Å²) >= 11 is 0. The van der Waals surface area contributed by atoms with Gasteiger partial charge < -0.3 is 19.4 Å². The molecule has 0 aliphatic rings. The number of aromatic nitrogens is 4. The summed E-state index contributed by atoms with van der Waals surface area (Å²) in [6.45, 7) is 0.352. The molecular formula is C24H21N5O2. The molecule has 0 bridgehead atoms. The number of ether oxygens (including phenoxy) is 1. The van der Waals surface area contributed by atoms with Gasteiger partial charge in [0.25, 0.3) is 0 Å². The fourth-order valence-electron chi connectivity index (χ4n) is 3.46. The maximum absolute atomic E-state index is 12.4. The zero-order valence-electron chi connectivity index (χ0n) is 16.8. The number of imidazole rings is 2. The van der Waals surface area contributed by atoms with Crippen LogP contribution in [0.15, 0.2) is 79.1 Å². The van der Waals surface area contributed by atoms with Crippen LogP contribution >= 0.6 is 0 Å². The summed E-state index contributed by atoms with van der Waals surface area (Å²) < 4.78 is 7.82. The van der Waals surface area contributed by atoms with E-state index in [0.717, 1.165) is 28.2 Å². The lowest BCUT2D eigenvalue weighted by Gasteiger charge is -2.08. The SMILES string of the molecule is O=C(CCc1nc2ccccc2[nH]1)Nc1cccc(OCc2cn3ccccc3n2)c1. The van der Waals surface area contributed by atoms with E-state index in [4.69, 9.17) is 4.74 Å². The van der Waals surface area contributed by atoms with Gasteiger partial charge in [-0.2, -0.15) is 0 Å². The van der Waals surface area contributed by atoms with E-state index in [-0.39, 0.29) is 5.91 Å². The molecule has 5 rings (SSSR count). The summed E-state index contributed by atoms with van der Waals surface area (Å²) in [6, 6.07) is 21.1. The van der Waals surface area contributed by atoms with E-state index < -0.39 is 0 Å². The number of H-pyrrole nitrogens is 1. The minimum absolute atomic E-state index is 0.0713. The molecule has 3 aromatic heterocycles. The first-order valence-corrected chi connectivity index (χ1v) is 10.1. The number of para-hydroxylation sites is 2. The summed E-state index contributed by atoms with van der Waals surface area (Å²) in [6.07, 6.45) is 4.78. The van der Waals surface area contributed by atoms with Crippen molar-refractivity contribution in [2.45, 2.75) is 19.4 Å². The van der Waals surface area contributed by atoms with Crippen LogP contribution < -0.4 is 10.1 Å². The van der Waals surface area contributed by atoms with Crippen molar-refractivity contribution in [2.24, 2.45) is 0 Å². The highest BCUT2D eigenvalue weighted by Gasteiger charge is 2.08. The molecule has 3 heterocycles. The number of carbonyl (C=O) groups is 1. The van der Waals surface area contributed by atoms with Crippen LogP contribution in [0.1, 0.15) is 17.9 Å². The molecule has 0 unspecified atom stereocenters. The van der Waals surface area contributed by atoms with E-state index in [1.54, 1.807) is 0 Å². The van der Waals surface area contributed by atoms with Gasteiger partial charge in [-0.25, -0.2) is 9.97 Å².